The first-order valence-corrected chi connectivity index (χ1v) is 8.21. The number of hydrogen-bond acceptors (Lipinski definition) is 4. The molecular weight excluding hydrogens is 302 g/mol. The zero-order valence-corrected chi connectivity index (χ0v) is 14.4. The minimum atomic E-state index is 0.438. The normalized spacial score (nSPS) is 11.2. The van der Waals surface area contributed by atoms with Crippen LogP contribution in [-0.2, 0) is 13.1 Å². The molecule has 6 heteroatoms. The summed E-state index contributed by atoms with van der Waals surface area (Å²) in [6.07, 6.45) is 10.5. The van der Waals surface area contributed by atoms with Gasteiger partial charge in [0.05, 0.1) is 7.11 Å². The zero-order valence-electron chi connectivity index (χ0n) is 14.4. The number of nitrogens with zero attached hydrogens (tertiary/aromatic N) is 5. The van der Waals surface area contributed by atoms with Crippen molar-refractivity contribution in [1.82, 2.24) is 24.1 Å². The fourth-order valence-electron chi connectivity index (χ4n) is 2.83. The highest BCUT2D eigenvalue weighted by Gasteiger charge is 2.09. The third-order valence-corrected chi connectivity index (χ3v) is 3.98. The van der Waals surface area contributed by atoms with Crippen molar-refractivity contribution in [2.75, 3.05) is 7.11 Å². The van der Waals surface area contributed by atoms with E-state index in [9.17, 15) is 0 Å². The zero-order chi connectivity index (χ0) is 16.9. The van der Waals surface area contributed by atoms with Gasteiger partial charge in [-0.3, -0.25) is 0 Å². The minimum absolute atomic E-state index is 0.438. The summed E-state index contributed by atoms with van der Waals surface area (Å²) < 4.78 is 9.60. The van der Waals surface area contributed by atoms with Crippen LogP contribution in [0.3, 0.4) is 0 Å². The quantitative estimate of drug-likeness (QED) is 0.668. The molecule has 0 aromatic carbocycles. The molecule has 0 atom stereocenters. The smallest absolute Gasteiger partial charge is 0.213 e. The van der Waals surface area contributed by atoms with Gasteiger partial charge in [0, 0.05) is 61.6 Å². The lowest BCUT2D eigenvalue weighted by atomic mass is 10.2. The number of aromatic nitrogens is 5. The second-order valence-corrected chi connectivity index (χ2v) is 6.02. The first-order chi connectivity index (χ1) is 11.7. The van der Waals surface area contributed by atoms with Gasteiger partial charge in [-0.15, -0.1) is 0 Å². The lowest BCUT2D eigenvalue weighted by molar-refractivity contribution is 0.398. The lowest BCUT2D eigenvalue weighted by Gasteiger charge is -2.12. The number of methoxy groups -OCH3 is 1. The highest BCUT2D eigenvalue weighted by atomic mass is 16.5. The molecule has 0 fully saturated rings. The average molecular weight is 325 g/mol. The molecule has 0 aliphatic rings. The molecule has 6 nitrogen and oxygen atoms in total. The van der Waals surface area contributed by atoms with Gasteiger partial charge in [0.2, 0.25) is 5.88 Å². The third-order valence-electron chi connectivity index (χ3n) is 3.98. The lowest BCUT2D eigenvalue weighted by Crippen LogP contribution is -2.08. The second kappa shape index (κ2) is 7.29. The topological polar surface area (TPSA) is 57.8 Å². The fourth-order valence-corrected chi connectivity index (χ4v) is 2.83. The van der Waals surface area contributed by atoms with Crippen molar-refractivity contribution in [1.29, 1.82) is 0 Å². The summed E-state index contributed by atoms with van der Waals surface area (Å²) in [7, 11) is 1.62. The number of ether oxygens (including phenoxy) is 1. The van der Waals surface area contributed by atoms with Crippen molar-refractivity contribution in [2.24, 2.45) is 0 Å². The molecule has 0 saturated heterocycles. The Bertz CT molecular complexity index is 790. The van der Waals surface area contributed by atoms with Crippen molar-refractivity contribution in [3.63, 3.8) is 0 Å². The molecule has 0 aliphatic carbocycles. The molecule has 126 valence electrons. The van der Waals surface area contributed by atoms with E-state index in [1.54, 1.807) is 13.3 Å². The standard InChI is InChI=1S/C18H23N5O/c1-14(2)17-20-7-11-22(17)9-4-10-23-12-8-21-18(23)15-5-6-19-16(13-15)24-3/h5-8,11-14H,4,9-10H2,1-3H3. The van der Waals surface area contributed by atoms with Crippen molar-refractivity contribution in [3.05, 3.63) is 48.9 Å². The van der Waals surface area contributed by atoms with Crippen molar-refractivity contribution >= 4 is 0 Å². The Hall–Kier alpha value is -2.63. The van der Waals surface area contributed by atoms with Gasteiger partial charge in [-0.05, 0) is 12.5 Å². The minimum Gasteiger partial charge on any atom is -0.481 e. The highest BCUT2D eigenvalue weighted by Crippen LogP contribution is 2.21. The molecule has 3 rings (SSSR count). The number of rotatable bonds is 7. The molecule has 0 amide bonds. The maximum absolute atomic E-state index is 5.20. The number of pyridine rings is 1. The predicted molar refractivity (Wildman–Crippen MR) is 92.9 cm³/mol. The van der Waals surface area contributed by atoms with Crippen LogP contribution in [0.4, 0.5) is 0 Å². The van der Waals surface area contributed by atoms with E-state index in [-0.39, 0.29) is 0 Å². The summed E-state index contributed by atoms with van der Waals surface area (Å²) in [5, 5.41) is 0. The van der Waals surface area contributed by atoms with Crippen LogP contribution in [-0.4, -0.2) is 31.2 Å². The van der Waals surface area contributed by atoms with E-state index >= 15 is 0 Å². The van der Waals surface area contributed by atoms with Crippen LogP contribution in [0.1, 0.15) is 32.0 Å². The van der Waals surface area contributed by atoms with Gasteiger partial charge < -0.3 is 13.9 Å². The van der Waals surface area contributed by atoms with Crippen LogP contribution in [0.15, 0.2) is 43.1 Å². The number of hydrogen-bond donors (Lipinski definition) is 0. The van der Waals surface area contributed by atoms with E-state index in [1.165, 1.54) is 0 Å². The molecule has 0 radical (unpaired) electrons. The monoisotopic (exact) mass is 325 g/mol. The summed E-state index contributed by atoms with van der Waals surface area (Å²) in [6, 6.07) is 3.86. The van der Waals surface area contributed by atoms with Gasteiger partial charge in [0.1, 0.15) is 11.6 Å². The molecule has 3 aromatic rings. The van der Waals surface area contributed by atoms with Gasteiger partial charge in [0.25, 0.3) is 0 Å². The molecule has 0 spiro atoms. The van der Waals surface area contributed by atoms with Crippen LogP contribution in [0, 0.1) is 0 Å². The molecule has 0 bridgehead atoms. The molecule has 0 unspecified atom stereocenters. The first kappa shape index (κ1) is 16.2. The molecule has 24 heavy (non-hydrogen) atoms. The van der Waals surface area contributed by atoms with Crippen LogP contribution in [0.5, 0.6) is 5.88 Å². The molecule has 3 heterocycles. The molecule has 0 aliphatic heterocycles. The summed E-state index contributed by atoms with van der Waals surface area (Å²) in [5.74, 6) is 3.11. The van der Waals surface area contributed by atoms with Crippen molar-refractivity contribution in [2.45, 2.75) is 39.3 Å². The Kier molecular flexibility index (Phi) is 4.93. The van der Waals surface area contributed by atoms with Crippen LogP contribution >= 0.6 is 0 Å². The van der Waals surface area contributed by atoms with Crippen molar-refractivity contribution < 1.29 is 4.74 Å². The predicted octanol–water partition coefficient (Wildman–Crippen LogP) is 3.36. The van der Waals surface area contributed by atoms with Crippen LogP contribution in [0.25, 0.3) is 11.4 Å². The maximum atomic E-state index is 5.20. The van der Waals surface area contributed by atoms with E-state index in [0.29, 0.717) is 11.8 Å². The summed E-state index contributed by atoms with van der Waals surface area (Å²) in [4.78, 5) is 13.1. The van der Waals surface area contributed by atoms with E-state index in [4.69, 9.17) is 4.74 Å². The Morgan fingerprint density at radius 3 is 2.54 bits per heavy atom. The van der Waals surface area contributed by atoms with E-state index < -0.39 is 0 Å². The average Bonchev–Trinajstić information content (AvgIpc) is 3.24. The summed E-state index contributed by atoms with van der Waals surface area (Å²) in [6.45, 7) is 6.19. The van der Waals surface area contributed by atoms with Gasteiger partial charge in [0.15, 0.2) is 0 Å². The fraction of sp³-hybridized carbons (Fsp3) is 0.389. The Morgan fingerprint density at radius 2 is 1.75 bits per heavy atom. The van der Waals surface area contributed by atoms with Gasteiger partial charge >= 0.3 is 0 Å². The summed E-state index contributed by atoms with van der Waals surface area (Å²) >= 11 is 0. The number of aryl methyl sites for hydroxylation is 2. The van der Waals surface area contributed by atoms with E-state index in [0.717, 1.165) is 36.7 Å². The van der Waals surface area contributed by atoms with Gasteiger partial charge in [-0.25, -0.2) is 15.0 Å². The second-order valence-electron chi connectivity index (χ2n) is 6.02. The third kappa shape index (κ3) is 3.48. The first-order valence-electron chi connectivity index (χ1n) is 8.21. The van der Waals surface area contributed by atoms with E-state index in [1.807, 2.05) is 30.7 Å². The highest BCUT2D eigenvalue weighted by molar-refractivity contribution is 5.56. The number of imidazole rings is 2. The molecule has 0 saturated carbocycles. The maximum Gasteiger partial charge on any atom is 0.213 e. The van der Waals surface area contributed by atoms with E-state index in [2.05, 4.69) is 44.1 Å². The van der Waals surface area contributed by atoms with Crippen molar-refractivity contribution in [3.8, 4) is 17.3 Å². The van der Waals surface area contributed by atoms with Gasteiger partial charge in [-0.1, -0.05) is 13.8 Å². The molecule has 3 aromatic heterocycles. The van der Waals surface area contributed by atoms with Crippen LogP contribution in [0.2, 0.25) is 0 Å². The molecular formula is C18H23N5O. The Balaban J connectivity index is 1.69. The Morgan fingerprint density at radius 1 is 1.00 bits per heavy atom. The van der Waals surface area contributed by atoms with Crippen LogP contribution < -0.4 is 4.74 Å². The summed E-state index contributed by atoms with van der Waals surface area (Å²) in [5.41, 5.74) is 1.01. The SMILES string of the molecule is COc1cc(-c2nccn2CCCn2ccnc2C(C)C)ccn1. The Labute approximate surface area is 142 Å². The largest absolute Gasteiger partial charge is 0.481 e. The molecule has 0 N–H and O–H groups in total. The van der Waals surface area contributed by atoms with Gasteiger partial charge in [-0.2, -0.15) is 0 Å².